The number of hydrogen-bond donors (Lipinski definition) is 5. The molecule has 4 atom stereocenters. The Bertz CT molecular complexity index is 1230. The molecule has 5 N–H and O–H groups in total. The maximum atomic E-state index is 10.6. The third kappa shape index (κ3) is 5.85. The van der Waals surface area contributed by atoms with E-state index in [-0.39, 0.29) is 12.7 Å². The molecule has 1 fully saturated rings. The Morgan fingerprint density at radius 2 is 1.84 bits per heavy atom. The summed E-state index contributed by atoms with van der Waals surface area (Å²) in [6, 6.07) is 3.27. The van der Waals surface area contributed by atoms with Gasteiger partial charge in [0.1, 0.15) is 17.7 Å². The van der Waals surface area contributed by atoms with Gasteiger partial charge in [0.2, 0.25) is 11.8 Å². The number of aromatic nitrogens is 3. The summed E-state index contributed by atoms with van der Waals surface area (Å²) in [6.45, 7) is 8.70. The van der Waals surface area contributed by atoms with Crippen LogP contribution >= 0.6 is 0 Å². The summed E-state index contributed by atoms with van der Waals surface area (Å²) in [5, 5.41) is 37.9. The summed E-state index contributed by atoms with van der Waals surface area (Å²) < 4.78 is 17.5. The molecule has 4 rings (SSSR count). The predicted octanol–water partition coefficient (Wildman–Crippen LogP) is 3.04. The third-order valence-corrected chi connectivity index (χ3v) is 7.13. The zero-order valence-corrected chi connectivity index (χ0v) is 22.7. The topological polar surface area (TPSA) is 155 Å². The number of rotatable bonds is 12. The van der Waals surface area contributed by atoms with Crippen LogP contribution in [0.1, 0.15) is 44.5 Å². The number of nitrogens with zero attached hydrogens (tertiary/aromatic N) is 3. The number of furan rings is 1. The van der Waals surface area contributed by atoms with Crippen LogP contribution in [0.4, 0.5) is 11.8 Å². The lowest BCUT2D eigenvalue weighted by molar-refractivity contribution is 0.00446. The molecule has 3 aromatic heterocycles. The summed E-state index contributed by atoms with van der Waals surface area (Å²) in [5.41, 5.74) is 2.64. The van der Waals surface area contributed by atoms with Crippen LogP contribution < -0.4 is 15.4 Å². The van der Waals surface area contributed by atoms with Crippen molar-refractivity contribution in [2.75, 3.05) is 37.5 Å². The summed E-state index contributed by atoms with van der Waals surface area (Å²) in [4.78, 5) is 13.9. The largest absolute Gasteiger partial charge is 0.474 e. The van der Waals surface area contributed by atoms with Gasteiger partial charge in [-0.3, -0.25) is 0 Å². The Morgan fingerprint density at radius 1 is 1.08 bits per heavy atom. The second-order valence-electron chi connectivity index (χ2n) is 9.82. The lowest BCUT2D eigenvalue weighted by Crippen LogP contribution is -2.35. The molecule has 38 heavy (non-hydrogen) atoms. The fourth-order valence-corrected chi connectivity index (χ4v) is 4.93. The molecule has 4 unspecified atom stereocenters. The number of methoxy groups -OCH3 is 1. The molecule has 1 aliphatic carbocycles. The van der Waals surface area contributed by atoms with Crippen LogP contribution in [0.15, 0.2) is 16.5 Å². The third-order valence-electron chi connectivity index (χ3n) is 7.13. The highest BCUT2D eigenvalue weighted by Crippen LogP contribution is 2.38. The van der Waals surface area contributed by atoms with E-state index in [0.717, 1.165) is 18.2 Å². The zero-order valence-electron chi connectivity index (χ0n) is 22.7. The van der Waals surface area contributed by atoms with Gasteiger partial charge in [-0.1, -0.05) is 13.8 Å². The van der Waals surface area contributed by atoms with E-state index in [1.54, 1.807) is 7.11 Å². The zero-order chi connectivity index (χ0) is 27.4. The number of aryl methyl sites for hydroxylation is 2. The lowest BCUT2D eigenvalue weighted by atomic mass is 10.1. The fourth-order valence-electron chi connectivity index (χ4n) is 4.93. The molecule has 1 aliphatic rings. The molecule has 0 aromatic carbocycles. The molecule has 0 aliphatic heterocycles. The average molecular weight is 530 g/mol. The van der Waals surface area contributed by atoms with Crippen LogP contribution in [0.25, 0.3) is 22.3 Å². The molecule has 11 nitrogen and oxygen atoms in total. The molecule has 0 saturated heterocycles. The van der Waals surface area contributed by atoms with Crippen molar-refractivity contribution in [1.82, 2.24) is 15.0 Å². The Labute approximate surface area is 222 Å². The van der Waals surface area contributed by atoms with Crippen molar-refractivity contribution < 1.29 is 29.2 Å². The van der Waals surface area contributed by atoms with Crippen molar-refractivity contribution in [2.45, 2.75) is 71.3 Å². The first-order valence-corrected chi connectivity index (χ1v) is 13.2. The predicted molar refractivity (Wildman–Crippen MR) is 144 cm³/mol. The monoisotopic (exact) mass is 529 g/mol. The van der Waals surface area contributed by atoms with E-state index in [2.05, 4.69) is 39.4 Å². The Hall–Kier alpha value is -2.99. The van der Waals surface area contributed by atoms with E-state index < -0.39 is 24.2 Å². The van der Waals surface area contributed by atoms with Gasteiger partial charge in [0.15, 0.2) is 5.58 Å². The van der Waals surface area contributed by atoms with E-state index in [0.29, 0.717) is 65.5 Å². The summed E-state index contributed by atoms with van der Waals surface area (Å²) in [6.07, 6.45) is 0.158. The second-order valence-corrected chi connectivity index (χ2v) is 9.82. The lowest BCUT2D eigenvalue weighted by Gasteiger charge is -2.21. The van der Waals surface area contributed by atoms with Crippen LogP contribution in [0, 0.1) is 19.8 Å². The van der Waals surface area contributed by atoms with E-state index in [1.165, 1.54) is 0 Å². The van der Waals surface area contributed by atoms with Crippen molar-refractivity contribution in [1.29, 1.82) is 0 Å². The highest BCUT2D eigenvalue weighted by atomic mass is 16.5. The number of hydrogen-bond acceptors (Lipinski definition) is 11. The van der Waals surface area contributed by atoms with Gasteiger partial charge in [0.05, 0.1) is 41.8 Å². The quantitative estimate of drug-likeness (QED) is 0.220. The first-order valence-electron chi connectivity index (χ1n) is 13.2. The van der Waals surface area contributed by atoms with Crippen LogP contribution in [-0.4, -0.2) is 81.5 Å². The standard InChI is InChI=1S/C27H39N5O6/c1-6-18(7-2)37-21-12-16-11-20(38-25(16)15(4)29-21)22-14(3)30-27(28-8-9-36-5)32-26(22)31-19-10-17(13-33)23(34)24(19)35/h11-12,17-19,23-24,33-35H,6-10,13H2,1-5H3,(H2,28,30,31,32). The minimum atomic E-state index is -1.06. The van der Waals surface area contributed by atoms with E-state index in [1.807, 2.05) is 26.0 Å². The Balaban J connectivity index is 1.74. The fraction of sp³-hybridized carbons (Fsp3) is 0.593. The molecular weight excluding hydrogens is 490 g/mol. The normalized spacial score (nSPS) is 21.4. The summed E-state index contributed by atoms with van der Waals surface area (Å²) >= 11 is 0. The molecule has 1 saturated carbocycles. The van der Waals surface area contributed by atoms with Gasteiger partial charge in [-0.05, 0) is 39.2 Å². The molecule has 11 heteroatoms. The van der Waals surface area contributed by atoms with Crippen molar-refractivity contribution >= 4 is 22.7 Å². The number of anilines is 2. The molecule has 3 heterocycles. The van der Waals surface area contributed by atoms with Gasteiger partial charge >= 0.3 is 0 Å². The van der Waals surface area contributed by atoms with Gasteiger partial charge in [-0.25, -0.2) is 9.97 Å². The maximum Gasteiger partial charge on any atom is 0.224 e. The van der Waals surface area contributed by atoms with E-state index in [4.69, 9.17) is 13.9 Å². The first-order chi connectivity index (χ1) is 18.3. The van der Waals surface area contributed by atoms with Crippen LogP contribution in [0.2, 0.25) is 0 Å². The number of fused-ring (bicyclic) bond motifs is 1. The van der Waals surface area contributed by atoms with E-state index in [9.17, 15) is 15.3 Å². The van der Waals surface area contributed by atoms with Gasteiger partial charge in [-0.2, -0.15) is 4.98 Å². The first kappa shape index (κ1) is 28.0. The van der Waals surface area contributed by atoms with Crippen molar-refractivity contribution in [2.24, 2.45) is 5.92 Å². The SMILES string of the molecule is CCC(CC)Oc1cc2cc(-c3c(C)nc(NCCOC)nc3NC3CC(CO)C(O)C3O)oc2c(C)n1. The number of aliphatic hydroxyl groups excluding tert-OH is 3. The van der Waals surface area contributed by atoms with Crippen molar-refractivity contribution in [3.05, 3.63) is 23.5 Å². The smallest absolute Gasteiger partial charge is 0.224 e. The molecule has 3 aromatic rings. The Kier molecular flexibility index (Phi) is 9.03. The van der Waals surface area contributed by atoms with Gasteiger partial charge in [0.25, 0.3) is 0 Å². The summed E-state index contributed by atoms with van der Waals surface area (Å²) in [7, 11) is 1.62. The molecule has 0 bridgehead atoms. The highest BCUT2D eigenvalue weighted by Gasteiger charge is 2.41. The van der Waals surface area contributed by atoms with Crippen molar-refractivity contribution in [3.63, 3.8) is 0 Å². The molecular formula is C27H39N5O6. The maximum absolute atomic E-state index is 10.6. The number of ether oxygens (including phenoxy) is 2. The molecule has 0 radical (unpaired) electrons. The highest BCUT2D eigenvalue weighted by molar-refractivity contribution is 5.88. The number of pyridine rings is 1. The van der Waals surface area contributed by atoms with E-state index >= 15 is 0 Å². The number of aliphatic hydroxyl groups is 3. The minimum Gasteiger partial charge on any atom is -0.474 e. The van der Waals surface area contributed by atoms with Crippen LogP contribution in [0.3, 0.4) is 0 Å². The number of nitrogens with one attached hydrogen (secondary N) is 2. The van der Waals surface area contributed by atoms with Gasteiger partial charge in [0, 0.05) is 37.6 Å². The summed E-state index contributed by atoms with van der Waals surface area (Å²) in [5.74, 6) is 1.51. The minimum absolute atomic E-state index is 0.0891. The molecule has 0 spiro atoms. The average Bonchev–Trinajstić information content (AvgIpc) is 3.43. The van der Waals surface area contributed by atoms with Crippen LogP contribution in [0.5, 0.6) is 5.88 Å². The Morgan fingerprint density at radius 3 is 2.50 bits per heavy atom. The molecule has 208 valence electrons. The van der Waals surface area contributed by atoms with Gasteiger partial charge in [-0.15, -0.1) is 0 Å². The van der Waals surface area contributed by atoms with Gasteiger partial charge < -0.3 is 39.8 Å². The second kappa shape index (κ2) is 12.2. The van der Waals surface area contributed by atoms with Crippen LogP contribution in [-0.2, 0) is 4.74 Å². The van der Waals surface area contributed by atoms with Crippen molar-refractivity contribution in [3.8, 4) is 17.2 Å². The molecule has 0 amide bonds.